The molecule has 1 heterocycles. The van der Waals surface area contributed by atoms with Gasteiger partial charge in [0.1, 0.15) is 5.75 Å². The van der Waals surface area contributed by atoms with Crippen molar-refractivity contribution in [3.8, 4) is 16.9 Å². The van der Waals surface area contributed by atoms with E-state index in [0.717, 1.165) is 11.1 Å². The summed E-state index contributed by atoms with van der Waals surface area (Å²) in [5, 5.41) is 9.45. The fourth-order valence-corrected chi connectivity index (χ4v) is 2.20. The second kappa shape index (κ2) is 3.97. The van der Waals surface area contributed by atoms with E-state index in [1.165, 1.54) is 22.9 Å². The Morgan fingerprint density at radius 1 is 0.938 bits per heavy atom. The van der Waals surface area contributed by atoms with E-state index in [2.05, 4.69) is 37.9 Å². The lowest BCUT2D eigenvalue weighted by atomic mass is 9.95. The van der Waals surface area contributed by atoms with Gasteiger partial charge in [-0.1, -0.05) is 17.7 Å². The van der Waals surface area contributed by atoms with Crippen molar-refractivity contribution in [3.63, 3.8) is 0 Å². The van der Waals surface area contributed by atoms with Crippen LogP contribution in [0.3, 0.4) is 0 Å². The molecule has 1 N–H and O–H groups in total. The molecule has 0 amide bonds. The van der Waals surface area contributed by atoms with Crippen molar-refractivity contribution in [1.29, 1.82) is 0 Å². The zero-order chi connectivity index (χ0) is 11.7. The molecule has 16 heavy (non-hydrogen) atoms. The maximum absolute atomic E-state index is 9.45. The monoisotopic (exact) mass is 213 g/mol. The van der Waals surface area contributed by atoms with Crippen LogP contribution in [0.15, 0.2) is 30.6 Å². The average Bonchev–Trinajstić information content (AvgIpc) is 2.15. The van der Waals surface area contributed by atoms with Crippen LogP contribution in [-0.2, 0) is 0 Å². The zero-order valence-corrected chi connectivity index (χ0v) is 9.78. The Hall–Kier alpha value is -1.83. The molecule has 1 aromatic carbocycles. The van der Waals surface area contributed by atoms with Crippen LogP contribution in [-0.4, -0.2) is 10.1 Å². The Balaban J connectivity index is 2.64. The Kier molecular flexibility index (Phi) is 2.65. The summed E-state index contributed by atoms with van der Waals surface area (Å²) in [6.07, 6.45) is 3.23. The fraction of sp³-hybridized carbons (Fsp3) is 0.214. The van der Waals surface area contributed by atoms with Gasteiger partial charge in [-0.3, -0.25) is 4.98 Å². The van der Waals surface area contributed by atoms with Crippen molar-refractivity contribution >= 4 is 0 Å². The van der Waals surface area contributed by atoms with E-state index >= 15 is 0 Å². The lowest BCUT2D eigenvalue weighted by Crippen LogP contribution is -1.90. The van der Waals surface area contributed by atoms with E-state index in [-0.39, 0.29) is 5.75 Å². The minimum atomic E-state index is 0.205. The zero-order valence-electron chi connectivity index (χ0n) is 9.78. The molecule has 0 saturated heterocycles. The summed E-state index contributed by atoms with van der Waals surface area (Å²) in [6.45, 7) is 6.25. The summed E-state index contributed by atoms with van der Waals surface area (Å²) in [5.41, 5.74) is 5.81. The van der Waals surface area contributed by atoms with Gasteiger partial charge in [0.2, 0.25) is 0 Å². The van der Waals surface area contributed by atoms with Crippen LogP contribution in [0.5, 0.6) is 5.75 Å². The minimum absolute atomic E-state index is 0.205. The molecule has 0 saturated carbocycles. The standard InChI is InChI=1S/C14H15NO/c1-9-4-10(2)14(11(3)5-9)12-6-13(16)8-15-7-12/h4-8,16H,1-3H3. The van der Waals surface area contributed by atoms with Gasteiger partial charge < -0.3 is 5.11 Å². The van der Waals surface area contributed by atoms with Gasteiger partial charge in [0, 0.05) is 11.8 Å². The Morgan fingerprint density at radius 3 is 2.12 bits per heavy atom. The van der Waals surface area contributed by atoms with Crippen molar-refractivity contribution < 1.29 is 5.11 Å². The average molecular weight is 213 g/mol. The molecule has 0 bridgehead atoms. The van der Waals surface area contributed by atoms with Gasteiger partial charge in [-0.15, -0.1) is 0 Å². The second-order valence-electron chi connectivity index (χ2n) is 4.21. The molecule has 0 spiro atoms. The van der Waals surface area contributed by atoms with Gasteiger partial charge in [-0.2, -0.15) is 0 Å². The number of hydrogen-bond donors (Lipinski definition) is 1. The quantitative estimate of drug-likeness (QED) is 0.787. The third kappa shape index (κ3) is 1.91. The summed E-state index contributed by atoms with van der Waals surface area (Å²) in [5.74, 6) is 0.205. The van der Waals surface area contributed by atoms with Crippen LogP contribution in [0.25, 0.3) is 11.1 Å². The van der Waals surface area contributed by atoms with Crippen LogP contribution in [0.4, 0.5) is 0 Å². The molecule has 0 atom stereocenters. The summed E-state index contributed by atoms with van der Waals surface area (Å²) in [7, 11) is 0. The normalized spacial score (nSPS) is 10.4. The van der Waals surface area contributed by atoms with Crippen LogP contribution in [0.2, 0.25) is 0 Å². The maximum atomic E-state index is 9.45. The first-order valence-electron chi connectivity index (χ1n) is 5.30. The highest BCUT2D eigenvalue weighted by molar-refractivity contribution is 5.71. The van der Waals surface area contributed by atoms with Crippen LogP contribution < -0.4 is 0 Å². The number of hydrogen-bond acceptors (Lipinski definition) is 2. The number of aromatic hydroxyl groups is 1. The smallest absolute Gasteiger partial charge is 0.134 e. The minimum Gasteiger partial charge on any atom is -0.506 e. The fourth-order valence-electron chi connectivity index (χ4n) is 2.20. The van der Waals surface area contributed by atoms with Crippen molar-refractivity contribution in [1.82, 2.24) is 4.98 Å². The number of nitrogens with zero attached hydrogens (tertiary/aromatic N) is 1. The van der Waals surface area contributed by atoms with Crippen LogP contribution >= 0.6 is 0 Å². The molecule has 2 heteroatoms. The Labute approximate surface area is 95.6 Å². The largest absolute Gasteiger partial charge is 0.506 e. The van der Waals surface area contributed by atoms with Crippen molar-refractivity contribution in [3.05, 3.63) is 47.3 Å². The van der Waals surface area contributed by atoms with Crippen molar-refractivity contribution in [2.24, 2.45) is 0 Å². The lowest BCUT2D eigenvalue weighted by molar-refractivity contribution is 0.473. The lowest BCUT2D eigenvalue weighted by Gasteiger charge is -2.11. The van der Waals surface area contributed by atoms with Crippen molar-refractivity contribution in [2.75, 3.05) is 0 Å². The molecule has 2 nitrogen and oxygen atoms in total. The van der Waals surface area contributed by atoms with Gasteiger partial charge in [-0.05, 0) is 43.5 Å². The molecule has 2 aromatic rings. The molecule has 82 valence electrons. The Morgan fingerprint density at radius 2 is 1.56 bits per heavy atom. The highest BCUT2D eigenvalue weighted by atomic mass is 16.3. The molecule has 0 unspecified atom stereocenters. The summed E-state index contributed by atoms with van der Waals surface area (Å²) >= 11 is 0. The van der Waals surface area contributed by atoms with E-state index in [1.54, 1.807) is 12.3 Å². The van der Waals surface area contributed by atoms with Gasteiger partial charge in [-0.25, -0.2) is 0 Å². The molecule has 0 radical (unpaired) electrons. The predicted octanol–water partition coefficient (Wildman–Crippen LogP) is 3.38. The summed E-state index contributed by atoms with van der Waals surface area (Å²) in [4.78, 5) is 4.02. The summed E-state index contributed by atoms with van der Waals surface area (Å²) in [6, 6.07) is 6.04. The predicted molar refractivity (Wildman–Crippen MR) is 65.5 cm³/mol. The maximum Gasteiger partial charge on any atom is 0.134 e. The molecule has 2 rings (SSSR count). The van der Waals surface area contributed by atoms with E-state index in [0.29, 0.717) is 0 Å². The van der Waals surface area contributed by atoms with E-state index in [1.807, 2.05) is 0 Å². The third-order valence-corrected chi connectivity index (χ3v) is 2.69. The first-order valence-corrected chi connectivity index (χ1v) is 5.30. The van der Waals surface area contributed by atoms with E-state index < -0.39 is 0 Å². The van der Waals surface area contributed by atoms with E-state index in [4.69, 9.17) is 0 Å². The first-order chi connectivity index (χ1) is 7.58. The van der Waals surface area contributed by atoms with Gasteiger partial charge in [0.15, 0.2) is 0 Å². The van der Waals surface area contributed by atoms with Crippen molar-refractivity contribution in [2.45, 2.75) is 20.8 Å². The van der Waals surface area contributed by atoms with Crippen LogP contribution in [0, 0.1) is 20.8 Å². The first kappa shape index (κ1) is 10.7. The number of benzene rings is 1. The van der Waals surface area contributed by atoms with E-state index in [9.17, 15) is 5.11 Å². The highest BCUT2D eigenvalue weighted by Gasteiger charge is 2.07. The number of rotatable bonds is 1. The molecule has 0 aliphatic rings. The third-order valence-electron chi connectivity index (χ3n) is 2.69. The molecule has 0 aliphatic heterocycles. The topological polar surface area (TPSA) is 33.1 Å². The molecular weight excluding hydrogens is 198 g/mol. The number of aryl methyl sites for hydroxylation is 3. The number of pyridine rings is 1. The molecule has 0 fully saturated rings. The Bertz CT molecular complexity index is 509. The van der Waals surface area contributed by atoms with Gasteiger partial charge in [0.25, 0.3) is 0 Å². The summed E-state index contributed by atoms with van der Waals surface area (Å²) < 4.78 is 0. The number of aromatic nitrogens is 1. The SMILES string of the molecule is Cc1cc(C)c(-c2cncc(O)c2)c(C)c1. The highest BCUT2D eigenvalue weighted by Crippen LogP contribution is 2.29. The van der Waals surface area contributed by atoms with Gasteiger partial charge >= 0.3 is 0 Å². The second-order valence-corrected chi connectivity index (χ2v) is 4.21. The van der Waals surface area contributed by atoms with Gasteiger partial charge in [0.05, 0.1) is 6.20 Å². The molecule has 1 aromatic heterocycles. The molecule has 0 aliphatic carbocycles. The van der Waals surface area contributed by atoms with Crippen LogP contribution in [0.1, 0.15) is 16.7 Å². The molecular formula is C14H15NO.